The number of hydrogen-bond donors (Lipinski definition) is 0. The molecule has 1 heterocycles. The van der Waals surface area contributed by atoms with Crippen LogP contribution in [0.2, 0.25) is 0 Å². The number of nitrogens with zero attached hydrogens (tertiary/aromatic N) is 2. The molecule has 0 N–H and O–H groups in total. The summed E-state index contributed by atoms with van der Waals surface area (Å²) < 4.78 is 11.1. The monoisotopic (exact) mass is 254 g/mol. The van der Waals surface area contributed by atoms with Gasteiger partial charge in [-0.3, -0.25) is 4.98 Å². The van der Waals surface area contributed by atoms with Crippen LogP contribution in [0.4, 0.5) is 0 Å². The van der Waals surface area contributed by atoms with E-state index in [2.05, 4.69) is 11.1 Å². The fourth-order valence-electron chi connectivity index (χ4n) is 1.74. The third kappa shape index (κ3) is 2.83. The van der Waals surface area contributed by atoms with Crippen LogP contribution in [-0.4, -0.2) is 12.1 Å². The van der Waals surface area contributed by atoms with Crippen LogP contribution in [0.15, 0.2) is 42.6 Å². The molecular weight excluding hydrogens is 240 g/mol. The molecule has 0 radical (unpaired) electrons. The van der Waals surface area contributed by atoms with Crippen LogP contribution in [0.5, 0.6) is 11.5 Å². The van der Waals surface area contributed by atoms with Crippen molar-refractivity contribution in [3.8, 4) is 17.6 Å². The van der Waals surface area contributed by atoms with Crippen molar-refractivity contribution in [2.75, 3.05) is 7.11 Å². The van der Waals surface area contributed by atoms with Crippen LogP contribution in [0.1, 0.15) is 24.3 Å². The van der Waals surface area contributed by atoms with Gasteiger partial charge in [-0.05, 0) is 31.2 Å². The fraction of sp³-hybridized carbons (Fsp3) is 0.200. The maximum atomic E-state index is 9.12. The van der Waals surface area contributed by atoms with E-state index in [0.717, 1.165) is 5.69 Å². The van der Waals surface area contributed by atoms with Gasteiger partial charge in [0.15, 0.2) is 11.5 Å². The number of ether oxygens (including phenoxy) is 2. The highest BCUT2D eigenvalue weighted by atomic mass is 16.5. The van der Waals surface area contributed by atoms with Crippen molar-refractivity contribution in [3.63, 3.8) is 0 Å². The number of methoxy groups -OCH3 is 1. The zero-order chi connectivity index (χ0) is 13.7. The molecule has 4 heteroatoms. The average Bonchev–Trinajstić information content (AvgIpc) is 2.48. The van der Waals surface area contributed by atoms with E-state index < -0.39 is 0 Å². The summed E-state index contributed by atoms with van der Waals surface area (Å²) >= 11 is 0. The zero-order valence-electron chi connectivity index (χ0n) is 10.8. The third-order valence-electron chi connectivity index (χ3n) is 2.72. The Morgan fingerprint density at radius 1 is 1.21 bits per heavy atom. The molecule has 1 atom stereocenters. The van der Waals surface area contributed by atoms with Crippen LogP contribution in [0.25, 0.3) is 0 Å². The molecule has 0 aliphatic rings. The third-order valence-corrected chi connectivity index (χ3v) is 2.72. The Labute approximate surface area is 112 Å². The summed E-state index contributed by atoms with van der Waals surface area (Å²) in [5.74, 6) is 0.993. The van der Waals surface area contributed by atoms with E-state index in [9.17, 15) is 0 Å². The number of aromatic nitrogens is 1. The van der Waals surface area contributed by atoms with Crippen molar-refractivity contribution in [2.24, 2.45) is 0 Å². The lowest BCUT2D eigenvalue weighted by Crippen LogP contribution is -2.07. The minimum absolute atomic E-state index is 0.260. The Morgan fingerprint density at radius 3 is 2.68 bits per heavy atom. The van der Waals surface area contributed by atoms with Crippen LogP contribution >= 0.6 is 0 Å². The first-order valence-corrected chi connectivity index (χ1v) is 5.91. The maximum Gasteiger partial charge on any atom is 0.179 e. The molecule has 4 nitrogen and oxygen atoms in total. The molecule has 0 aliphatic carbocycles. The molecule has 0 saturated heterocycles. The van der Waals surface area contributed by atoms with Gasteiger partial charge in [-0.25, -0.2) is 0 Å². The predicted octanol–water partition coefficient (Wildman–Crippen LogP) is 3.10. The van der Waals surface area contributed by atoms with Crippen molar-refractivity contribution in [1.29, 1.82) is 5.26 Å². The summed E-state index contributed by atoms with van der Waals surface area (Å²) in [6, 6.07) is 13.0. The minimum atomic E-state index is -0.260. The first-order chi connectivity index (χ1) is 9.26. The maximum absolute atomic E-state index is 9.12. The van der Waals surface area contributed by atoms with Crippen LogP contribution < -0.4 is 9.47 Å². The zero-order valence-corrected chi connectivity index (χ0v) is 10.8. The molecule has 19 heavy (non-hydrogen) atoms. The molecule has 0 amide bonds. The minimum Gasteiger partial charge on any atom is -0.493 e. The van der Waals surface area contributed by atoms with Crippen LogP contribution in [-0.2, 0) is 0 Å². The van der Waals surface area contributed by atoms with Gasteiger partial charge in [0.25, 0.3) is 0 Å². The molecule has 0 fully saturated rings. The summed E-state index contributed by atoms with van der Waals surface area (Å²) in [4.78, 5) is 4.24. The van der Waals surface area contributed by atoms with E-state index in [1.165, 1.54) is 0 Å². The molecule has 96 valence electrons. The molecular formula is C15H14N2O2. The van der Waals surface area contributed by atoms with Crippen molar-refractivity contribution >= 4 is 0 Å². The van der Waals surface area contributed by atoms with E-state index in [-0.39, 0.29) is 6.10 Å². The second-order valence-electron chi connectivity index (χ2n) is 3.96. The smallest absolute Gasteiger partial charge is 0.179 e. The van der Waals surface area contributed by atoms with Gasteiger partial charge in [0.2, 0.25) is 0 Å². The van der Waals surface area contributed by atoms with Crippen LogP contribution in [0, 0.1) is 11.3 Å². The Balaban J connectivity index is 2.31. The van der Waals surface area contributed by atoms with E-state index in [1.807, 2.05) is 25.1 Å². The topological polar surface area (TPSA) is 55.1 Å². The highest BCUT2D eigenvalue weighted by Gasteiger charge is 2.15. The summed E-state index contributed by atoms with van der Waals surface area (Å²) in [5, 5.41) is 9.12. The molecule has 0 bridgehead atoms. The molecule has 2 rings (SSSR count). The Morgan fingerprint density at radius 2 is 2.05 bits per heavy atom. The van der Waals surface area contributed by atoms with Crippen molar-refractivity contribution < 1.29 is 9.47 Å². The van der Waals surface area contributed by atoms with E-state index in [4.69, 9.17) is 14.7 Å². The molecule has 1 aromatic heterocycles. The van der Waals surface area contributed by atoms with Gasteiger partial charge in [0.1, 0.15) is 12.2 Å². The highest BCUT2D eigenvalue weighted by molar-refractivity contribution is 5.52. The number of nitriles is 1. The summed E-state index contributed by atoms with van der Waals surface area (Å²) in [6.45, 7) is 1.88. The van der Waals surface area contributed by atoms with E-state index >= 15 is 0 Å². The Bertz CT molecular complexity index is 591. The van der Waals surface area contributed by atoms with Gasteiger partial charge in [-0.2, -0.15) is 5.26 Å². The predicted molar refractivity (Wildman–Crippen MR) is 71.0 cm³/mol. The van der Waals surface area contributed by atoms with Crippen molar-refractivity contribution in [1.82, 2.24) is 4.98 Å². The summed E-state index contributed by atoms with van der Waals surface area (Å²) in [7, 11) is 1.55. The summed E-state index contributed by atoms with van der Waals surface area (Å²) in [5.41, 5.74) is 1.25. The van der Waals surface area contributed by atoms with Crippen molar-refractivity contribution in [3.05, 3.63) is 53.9 Å². The number of rotatable bonds is 4. The van der Waals surface area contributed by atoms with Gasteiger partial charge < -0.3 is 9.47 Å². The van der Waals surface area contributed by atoms with E-state index in [0.29, 0.717) is 17.1 Å². The molecule has 0 spiro atoms. The van der Waals surface area contributed by atoms with Gasteiger partial charge >= 0.3 is 0 Å². The number of benzene rings is 1. The molecule has 1 aromatic carbocycles. The Kier molecular flexibility index (Phi) is 3.99. The molecule has 0 saturated carbocycles. The SMILES string of the molecule is COc1cccc(C#N)c1OC(C)c1ccccn1. The second kappa shape index (κ2) is 5.87. The molecule has 1 unspecified atom stereocenters. The second-order valence-corrected chi connectivity index (χ2v) is 3.96. The highest BCUT2D eigenvalue weighted by Crippen LogP contribution is 2.33. The molecule has 0 aliphatic heterocycles. The summed E-state index contributed by atoms with van der Waals surface area (Å²) in [6.07, 6.45) is 1.45. The van der Waals surface area contributed by atoms with Gasteiger partial charge in [-0.1, -0.05) is 12.1 Å². The Hall–Kier alpha value is -2.54. The quantitative estimate of drug-likeness (QED) is 0.841. The van der Waals surface area contributed by atoms with Crippen LogP contribution in [0.3, 0.4) is 0 Å². The number of para-hydroxylation sites is 1. The van der Waals surface area contributed by atoms with Gasteiger partial charge in [-0.15, -0.1) is 0 Å². The van der Waals surface area contributed by atoms with Crippen molar-refractivity contribution in [2.45, 2.75) is 13.0 Å². The van der Waals surface area contributed by atoms with Gasteiger partial charge in [0.05, 0.1) is 18.4 Å². The molecule has 2 aromatic rings. The first kappa shape index (κ1) is 12.9. The largest absolute Gasteiger partial charge is 0.493 e. The fourth-order valence-corrected chi connectivity index (χ4v) is 1.74. The van der Waals surface area contributed by atoms with E-state index in [1.54, 1.807) is 31.5 Å². The average molecular weight is 254 g/mol. The van der Waals surface area contributed by atoms with Gasteiger partial charge in [0, 0.05) is 6.20 Å². The normalized spacial score (nSPS) is 11.4. The lowest BCUT2D eigenvalue weighted by molar-refractivity contribution is 0.211. The lowest BCUT2D eigenvalue weighted by Gasteiger charge is -2.17. The number of pyridine rings is 1. The first-order valence-electron chi connectivity index (χ1n) is 5.91. The lowest BCUT2D eigenvalue weighted by atomic mass is 10.2. The number of hydrogen-bond acceptors (Lipinski definition) is 4. The standard InChI is InChI=1S/C15H14N2O2/c1-11(13-7-3-4-9-17-13)19-15-12(10-16)6-5-8-14(15)18-2/h3-9,11H,1-2H3.